The first kappa shape index (κ1) is 13.5. The topological polar surface area (TPSA) is 47.4 Å². The molecule has 1 heterocycles. The molecule has 0 spiro atoms. The van der Waals surface area contributed by atoms with E-state index in [9.17, 15) is 4.79 Å². The van der Waals surface area contributed by atoms with Gasteiger partial charge in [0.1, 0.15) is 11.6 Å². The first-order valence-corrected chi connectivity index (χ1v) is 6.30. The van der Waals surface area contributed by atoms with Crippen molar-refractivity contribution in [1.29, 1.82) is 0 Å². The highest BCUT2D eigenvalue weighted by molar-refractivity contribution is 5.79. The third-order valence-corrected chi connectivity index (χ3v) is 2.91. The number of hydrogen-bond donors (Lipinski definition) is 0. The van der Waals surface area contributed by atoms with Crippen molar-refractivity contribution >= 4 is 10.9 Å². The van der Waals surface area contributed by atoms with Crippen molar-refractivity contribution in [2.45, 2.75) is 13.5 Å². The minimum atomic E-state index is -0.0232. The van der Waals surface area contributed by atoms with Crippen molar-refractivity contribution < 1.29 is 4.74 Å². The molecule has 102 valence electrons. The molecule has 1 aromatic carbocycles. The second kappa shape index (κ2) is 5.40. The molecule has 0 aliphatic heterocycles. The minimum Gasteiger partial charge on any atom is -0.494 e. The Morgan fingerprint density at radius 2 is 2.11 bits per heavy atom. The molecule has 0 aliphatic carbocycles. The Morgan fingerprint density at radius 3 is 2.74 bits per heavy atom. The Kier molecular flexibility index (Phi) is 3.85. The highest BCUT2D eigenvalue weighted by atomic mass is 16.5. The van der Waals surface area contributed by atoms with Gasteiger partial charge in [0.2, 0.25) is 0 Å². The summed E-state index contributed by atoms with van der Waals surface area (Å²) in [5.41, 5.74) is 0.663. The summed E-state index contributed by atoms with van der Waals surface area (Å²) in [5.74, 6) is 1.49. The number of ether oxygens (including phenoxy) is 1. The van der Waals surface area contributed by atoms with Crippen LogP contribution in [0, 0.1) is 0 Å². The first-order chi connectivity index (χ1) is 9.02. The van der Waals surface area contributed by atoms with Crippen LogP contribution in [0.3, 0.4) is 0 Å². The van der Waals surface area contributed by atoms with Crippen molar-refractivity contribution in [3.63, 3.8) is 0 Å². The lowest BCUT2D eigenvalue weighted by atomic mass is 10.2. The van der Waals surface area contributed by atoms with Gasteiger partial charge < -0.3 is 9.64 Å². The molecule has 2 rings (SSSR count). The minimum absolute atomic E-state index is 0.0232. The molecule has 1 aromatic heterocycles. The normalized spacial score (nSPS) is 11.2. The van der Waals surface area contributed by atoms with Crippen LogP contribution in [0.4, 0.5) is 0 Å². The Balaban J connectivity index is 2.60. The van der Waals surface area contributed by atoms with Crippen LogP contribution < -0.4 is 10.3 Å². The van der Waals surface area contributed by atoms with Gasteiger partial charge in [0.25, 0.3) is 5.56 Å². The molecule has 0 amide bonds. The summed E-state index contributed by atoms with van der Waals surface area (Å²) in [4.78, 5) is 18.8. The maximum absolute atomic E-state index is 12.3. The fourth-order valence-corrected chi connectivity index (χ4v) is 1.98. The fourth-order valence-electron chi connectivity index (χ4n) is 1.98. The zero-order chi connectivity index (χ0) is 14.0. The molecule has 5 heteroatoms. The average Bonchev–Trinajstić information content (AvgIpc) is 2.35. The summed E-state index contributed by atoms with van der Waals surface area (Å²) >= 11 is 0. The fraction of sp³-hybridized carbons (Fsp3) is 0.429. The molecule has 0 aliphatic rings. The van der Waals surface area contributed by atoms with Crippen LogP contribution in [-0.2, 0) is 13.6 Å². The van der Waals surface area contributed by atoms with Crippen molar-refractivity contribution in [2.24, 2.45) is 7.05 Å². The molecule has 0 radical (unpaired) electrons. The van der Waals surface area contributed by atoms with E-state index in [1.165, 1.54) is 0 Å². The smallest absolute Gasteiger partial charge is 0.261 e. The number of rotatable bonds is 4. The van der Waals surface area contributed by atoms with Crippen LogP contribution in [0.25, 0.3) is 10.9 Å². The Morgan fingerprint density at radius 1 is 1.37 bits per heavy atom. The van der Waals surface area contributed by atoms with Gasteiger partial charge in [0.05, 0.1) is 24.1 Å². The maximum Gasteiger partial charge on any atom is 0.261 e. The molecule has 0 N–H and O–H groups in total. The van der Waals surface area contributed by atoms with E-state index in [1.807, 2.05) is 32.0 Å². The van der Waals surface area contributed by atoms with Crippen LogP contribution in [0.2, 0.25) is 0 Å². The molecule has 0 saturated heterocycles. The summed E-state index contributed by atoms with van der Waals surface area (Å²) in [6.07, 6.45) is 0. The summed E-state index contributed by atoms with van der Waals surface area (Å²) in [7, 11) is 5.66. The Bertz CT molecular complexity index is 647. The van der Waals surface area contributed by atoms with Gasteiger partial charge in [-0.1, -0.05) is 0 Å². The molecular formula is C14H19N3O2. The van der Waals surface area contributed by atoms with Crippen LogP contribution in [0.15, 0.2) is 23.0 Å². The first-order valence-electron chi connectivity index (χ1n) is 6.30. The lowest BCUT2D eigenvalue weighted by Gasteiger charge is -2.13. The zero-order valence-corrected chi connectivity index (χ0v) is 11.8. The average molecular weight is 261 g/mol. The largest absolute Gasteiger partial charge is 0.494 e. The van der Waals surface area contributed by atoms with Gasteiger partial charge >= 0.3 is 0 Å². The van der Waals surface area contributed by atoms with E-state index in [0.717, 1.165) is 11.6 Å². The third kappa shape index (κ3) is 2.76. The Labute approximate surface area is 112 Å². The molecule has 5 nitrogen and oxygen atoms in total. The van der Waals surface area contributed by atoms with Crippen molar-refractivity contribution in [2.75, 3.05) is 20.7 Å². The number of aromatic nitrogens is 2. The van der Waals surface area contributed by atoms with E-state index in [1.54, 1.807) is 23.7 Å². The van der Waals surface area contributed by atoms with E-state index in [2.05, 4.69) is 4.98 Å². The molecule has 2 aromatic rings. The van der Waals surface area contributed by atoms with E-state index in [-0.39, 0.29) is 5.56 Å². The molecule has 0 unspecified atom stereocenters. The summed E-state index contributed by atoms with van der Waals surface area (Å²) in [6.45, 7) is 3.15. The van der Waals surface area contributed by atoms with Crippen LogP contribution in [0.5, 0.6) is 5.75 Å². The predicted molar refractivity (Wildman–Crippen MR) is 75.5 cm³/mol. The molecule has 0 bridgehead atoms. The van der Waals surface area contributed by atoms with E-state index in [4.69, 9.17) is 4.74 Å². The SMILES string of the molecule is CCOc1ccc2c(=O)n(C)c(CN(C)C)nc2c1. The summed E-state index contributed by atoms with van der Waals surface area (Å²) in [6, 6.07) is 5.40. The van der Waals surface area contributed by atoms with Crippen molar-refractivity contribution in [3.05, 3.63) is 34.4 Å². The number of nitrogens with zero attached hydrogens (tertiary/aromatic N) is 3. The van der Waals surface area contributed by atoms with Gasteiger partial charge in [0.15, 0.2) is 0 Å². The van der Waals surface area contributed by atoms with E-state index >= 15 is 0 Å². The predicted octanol–water partition coefficient (Wildman–Crippen LogP) is 1.39. The van der Waals surface area contributed by atoms with Gasteiger partial charge in [-0.15, -0.1) is 0 Å². The quantitative estimate of drug-likeness (QED) is 0.834. The Hall–Kier alpha value is -1.88. The van der Waals surface area contributed by atoms with Gasteiger partial charge in [-0.05, 0) is 33.2 Å². The maximum atomic E-state index is 12.3. The monoisotopic (exact) mass is 261 g/mol. The van der Waals surface area contributed by atoms with Gasteiger partial charge in [0, 0.05) is 13.1 Å². The van der Waals surface area contributed by atoms with Gasteiger partial charge in [-0.2, -0.15) is 0 Å². The zero-order valence-electron chi connectivity index (χ0n) is 11.8. The molecule has 0 atom stereocenters. The third-order valence-electron chi connectivity index (χ3n) is 2.91. The van der Waals surface area contributed by atoms with Gasteiger partial charge in [-0.25, -0.2) is 4.98 Å². The molecular weight excluding hydrogens is 242 g/mol. The van der Waals surface area contributed by atoms with Crippen molar-refractivity contribution in [1.82, 2.24) is 14.5 Å². The second-order valence-electron chi connectivity index (χ2n) is 4.74. The van der Waals surface area contributed by atoms with Crippen molar-refractivity contribution in [3.8, 4) is 5.75 Å². The standard InChI is InChI=1S/C14H19N3O2/c1-5-19-10-6-7-11-12(8-10)15-13(9-16(2)3)17(4)14(11)18/h6-8H,5,9H2,1-4H3. The van der Waals surface area contributed by atoms with Crippen LogP contribution in [0.1, 0.15) is 12.7 Å². The second-order valence-corrected chi connectivity index (χ2v) is 4.74. The van der Waals surface area contributed by atoms with Crippen LogP contribution >= 0.6 is 0 Å². The lowest BCUT2D eigenvalue weighted by molar-refractivity contribution is 0.340. The summed E-state index contributed by atoms with van der Waals surface area (Å²) < 4.78 is 7.05. The van der Waals surface area contributed by atoms with E-state index < -0.39 is 0 Å². The molecule has 19 heavy (non-hydrogen) atoms. The summed E-state index contributed by atoms with van der Waals surface area (Å²) in [5, 5.41) is 0.619. The van der Waals surface area contributed by atoms with Gasteiger partial charge in [-0.3, -0.25) is 9.36 Å². The van der Waals surface area contributed by atoms with Crippen LogP contribution in [-0.4, -0.2) is 35.2 Å². The lowest BCUT2D eigenvalue weighted by Crippen LogP contribution is -2.26. The number of benzene rings is 1. The molecule has 0 fully saturated rings. The highest BCUT2D eigenvalue weighted by Crippen LogP contribution is 2.17. The number of hydrogen-bond acceptors (Lipinski definition) is 4. The molecule has 0 saturated carbocycles. The highest BCUT2D eigenvalue weighted by Gasteiger charge is 2.09. The van der Waals surface area contributed by atoms with E-state index in [0.29, 0.717) is 24.1 Å². The number of fused-ring (bicyclic) bond motifs is 1.